The Hall–Kier alpha value is -0.370. The molecule has 0 radical (unpaired) electrons. The van der Waals surface area contributed by atoms with Gasteiger partial charge < -0.3 is 5.11 Å². The molecule has 0 amide bonds. The van der Waals surface area contributed by atoms with Crippen LogP contribution in [0, 0.1) is 11.8 Å². The standard InChI is InChI=1S/C14H26O2/c1-3-12(4-2)14(16)13(15)10-11-8-6-5-7-9-11/h11-12,14,16H,3-10H2,1-2H3. The first-order valence-electron chi connectivity index (χ1n) is 6.89. The number of aliphatic hydroxyl groups is 1. The molecule has 2 nitrogen and oxygen atoms in total. The highest BCUT2D eigenvalue weighted by atomic mass is 16.3. The molecule has 1 saturated carbocycles. The van der Waals surface area contributed by atoms with Crippen LogP contribution in [-0.4, -0.2) is 17.0 Å². The third-order valence-electron chi connectivity index (χ3n) is 4.04. The van der Waals surface area contributed by atoms with Crippen molar-refractivity contribution < 1.29 is 9.90 Å². The monoisotopic (exact) mass is 226 g/mol. The van der Waals surface area contributed by atoms with Gasteiger partial charge in [-0.25, -0.2) is 0 Å². The van der Waals surface area contributed by atoms with Gasteiger partial charge in [-0.2, -0.15) is 0 Å². The van der Waals surface area contributed by atoms with E-state index in [1.165, 1.54) is 32.1 Å². The topological polar surface area (TPSA) is 37.3 Å². The van der Waals surface area contributed by atoms with Gasteiger partial charge in [0.25, 0.3) is 0 Å². The highest BCUT2D eigenvalue weighted by Crippen LogP contribution is 2.28. The van der Waals surface area contributed by atoms with Crippen molar-refractivity contribution >= 4 is 5.78 Å². The maximum Gasteiger partial charge on any atom is 0.161 e. The van der Waals surface area contributed by atoms with Gasteiger partial charge in [0.2, 0.25) is 0 Å². The SMILES string of the molecule is CCC(CC)C(O)C(=O)CC1CCCCC1. The fourth-order valence-corrected chi connectivity index (χ4v) is 2.79. The van der Waals surface area contributed by atoms with Crippen LogP contribution >= 0.6 is 0 Å². The number of hydrogen-bond acceptors (Lipinski definition) is 2. The molecule has 0 bridgehead atoms. The van der Waals surface area contributed by atoms with E-state index in [1.54, 1.807) is 0 Å². The van der Waals surface area contributed by atoms with E-state index in [9.17, 15) is 9.90 Å². The largest absolute Gasteiger partial charge is 0.385 e. The lowest BCUT2D eigenvalue weighted by Crippen LogP contribution is -2.30. The van der Waals surface area contributed by atoms with Crippen LogP contribution < -0.4 is 0 Å². The molecule has 1 rings (SSSR count). The molecule has 1 N–H and O–H groups in total. The smallest absolute Gasteiger partial charge is 0.161 e. The van der Waals surface area contributed by atoms with E-state index in [0.29, 0.717) is 12.3 Å². The second-order valence-electron chi connectivity index (χ2n) is 5.20. The van der Waals surface area contributed by atoms with E-state index in [1.807, 2.05) is 13.8 Å². The lowest BCUT2D eigenvalue weighted by molar-refractivity contribution is -0.131. The number of rotatable bonds is 6. The van der Waals surface area contributed by atoms with Crippen LogP contribution in [0.15, 0.2) is 0 Å². The van der Waals surface area contributed by atoms with E-state index < -0.39 is 6.10 Å². The van der Waals surface area contributed by atoms with Crippen molar-refractivity contribution in [3.8, 4) is 0 Å². The van der Waals surface area contributed by atoms with Gasteiger partial charge in [-0.3, -0.25) is 4.79 Å². The molecule has 94 valence electrons. The van der Waals surface area contributed by atoms with Gasteiger partial charge in [0.1, 0.15) is 6.10 Å². The third kappa shape index (κ3) is 3.89. The highest BCUT2D eigenvalue weighted by molar-refractivity contribution is 5.83. The van der Waals surface area contributed by atoms with Gasteiger partial charge >= 0.3 is 0 Å². The summed E-state index contributed by atoms with van der Waals surface area (Å²) in [6.07, 6.45) is 7.90. The van der Waals surface area contributed by atoms with Crippen LogP contribution in [0.2, 0.25) is 0 Å². The summed E-state index contributed by atoms with van der Waals surface area (Å²) < 4.78 is 0. The Labute approximate surface area is 99.4 Å². The van der Waals surface area contributed by atoms with Crippen LogP contribution in [-0.2, 0) is 4.79 Å². The van der Waals surface area contributed by atoms with Crippen molar-refractivity contribution in [2.24, 2.45) is 11.8 Å². The molecule has 1 unspecified atom stereocenters. The molecular weight excluding hydrogens is 200 g/mol. The Bertz CT molecular complexity index is 203. The van der Waals surface area contributed by atoms with E-state index in [-0.39, 0.29) is 11.7 Å². The minimum atomic E-state index is -0.711. The molecule has 0 heterocycles. The molecule has 1 aliphatic rings. The lowest BCUT2D eigenvalue weighted by Gasteiger charge is -2.24. The van der Waals surface area contributed by atoms with Crippen LogP contribution in [0.1, 0.15) is 65.2 Å². The predicted molar refractivity (Wildman–Crippen MR) is 66.3 cm³/mol. The van der Waals surface area contributed by atoms with Crippen molar-refractivity contribution in [3.05, 3.63) is 0 Å². The Morgan fingerprint density at radius 2 is 1.75 bits per heavy atom. The number of carbonyl (C=O) groups excluding carboxylic acids is 1. The summed E-state index contributed by atoms with van der Waals surface area (Å²) in [5, 5.41) is 9.96. The summed E-state index contributed by atoms with van der Waals surface area (Å²) in [5.74, 6) is 0.793. The van der Waals surface area contributed by atoms with Gasteiger partial charge in [0.15, 0.2) is 5.78 Å². The van der Waals surface area contributed by atoms with E-state index in [0.717, 1.165) is 12.8 Å². The first-order chi connectivity index (χ1) is 7.69. The molecule has 1 fully saturated rings. The number of Topliss-reactive ketones (excluding diaryl/α,β-unsaturated/α-hetero) is 1. The summed E-state index contributed by atoms with van der Waals surface area (Å²) in [7, 11) is 0. The van der Waals surface area contributed by atoms with Crippen molar-refractivity contribution in [3.63, 3.8) is 0 Å². The molecular formula is C14H26O2. The van der Waals surface area contributed by atoms with Crippen molar-refractivity contribution in [1.82, 2.24) is 0 Å². The Morgan fingerprint density at radius 3 is 2.25 bits per heavy atom. The summed E-state index contributed by atoms with van der Waals surface area (Å²) in [4.78, 5) is 11.9. The molecule has 1 atom stereocenters. The zero-order valence-corrected chi connectivity index (χ0v) is 10.7. The number of hydrogen-bond donors (Lipinski definition) is 1. The zero-order chi connectivity index (χ0) is 12.0. The van der Waals surface area contributed by atoms with Gasteiger partial charge in [0.05, 0.1) is 0 Å². The summed E-state index contributed by atoms with van der Waals surface area (Å²) in [6, 6.07) is 0. The minimum Gasteiger partial charge on any atom is -0.385 e. The van der Waals surface area contributed by atoms with E-state index in [2.05, 4.69) is 0 Å². The van der Waals surface area contributed by atoms with Gasteiger partial charge in [-0.1, -0.05) is 58.8 Å². The lowest BCUT2D eigenvalue weighted by atomic mass is 9.83. The quantitative estimate of drug-likeness (QED) is 0.754. The zero-order valence-electron chi connectivity index (χ0n) is 10.7. The maximum atomic E-state index is 11.9. The van der Waals surface area contributed by atoms with Crippen LogP contribution in [0.3, 0.4) is 0 Å². The molecule has 16 heavy (non-hydrogen) atoms. The highest BCUT2D eigenvalue weighted by Gasteiger charge is 2.26. The second-order valence-corrected chi connectivity index (χ2v) is 5.20. The molecule has 2 heteroatoms. The number of aliphatic hydroxyl groups excluding tert-OH is 1. The van der Waals surface area contributed by atoms with E-state index >= 15 is 0 Å². The first-order valence-corrected chi connectivity index (χ1v) is 6.89. The van der Waals surface area contributed by atoms with Crippen LogP contribution in [0.4, 0.5) is 0 Å². The Morgan fingerprint density at radius 1 is 1.19 bits per heavy atom. The summed E-state index contributed by atoms with van der Waals surface area (Å²) in [5.41, 5.74) is 0. The molecule has 1 aliphatic carbocycles. The van der Waals surface area contributed by atoms with Crippen molar-refractivity contribution in [2.45, 2.75) is 71.3 Å². The fourth-order valence-electron chi connectivity index (χ4n) is 2.79. The number of ketones is 1. The molecule has 0 aromatic rings. The summed E-state index contributed by atoms with van der Waals surface area (Å²) in [6.45, 7) is 4.09. The molecule has 0 saturated heterocycles. The van der Waals surface area contributed by atoms with Gasteiger partial charge in [-0.05, 0) is 11.8 Å². The normalized spacial score (nSPS) is 20.0. The van der Waals surface area contributed by atoms with E-state index in [4.69, 9.17) is 0 Å². The first kappa shape index (κ1) is 13.7. The Kier molecular flexibility index (Phi) is 6.04. The van der Waals surface area contributed by atoms with Crippen LogP contribution in [0.5, 0.6) is 0 Å². The Balaban J connectivity index is 2.37. The second kappa shape index (κ2) is 7.05. The summed E-state index contributed by atoms with van der Waals surface area (Å²) >= 11 is 0. The van der Waals surface area contributed by atoms with Crippen LogP contribution in [0.25, 0.3) is 0 Å². The van der Waals surface area contributed by atoms with Crippen molar-refractivity contribution in [1.29, 1.82) is 0 Å². The average molecular weight is 226 g/mol. The average Bonchev–Trinajstić information content (AvgIpc) is 2.31. The molecule has 0 aliphatic heterocycles. The molecule has 0 aromatic heterocycles. The van der Waals surface area contributed by atoms with Gasteiger partial charge in [-0.15, -0.1) is 0 Å². The predicted octanol–water partition coefficient (Wildman–Crippen LogP) is 3.32. The fraction of sp³-hybridized carbons (Fsp3) is 0.929. The number of carbonyl (C=O) groups is 1. The molecule has 0 aromatic carbocycles. The van der Waals surface area contributed by atoms with Crippen molar-refractivity contribution in [2.75, 3.05) is 0 Å². The molecule has 0 spiro atoms. The minimum absolute atomic E-state index is 0.0839. The third-order valence-corrected chi connectivity index (χ3v) is 4.04. The maximum absolute atomic E-state index is 11.9. The van der Waals surface area contributed by atoms with Gasteiger partial charge in [0, 0.05) is 6.42 Å².